The van der Waals surface area contributed by atoms with E-state index in [1.807, 2.05) is 72.8 Å². The Labute approximate surface area is 521 Å². The third-order valence-corrected chi connectivity index (χ3v) is 18.2. The van der Waals surface area contributed by atoms with E-state index in [4.69, 9.17) is 6.57 Å². The molecule has 2 aliphatic rings. The third-order valence-electron chi connectivity index (χ3n) is 18.2. The summed E-state index contributed by atoms with van der Waals surface area (Å²) in [5.74, 6) is 0. The molecule has 0 spiro atoms. The van der Waals surface area contributed by atoms with E-state index in [9.17, 15) is 15.8 Å². The topological polar surface area (TPSA) is 118 Å². The van der Waals surface area contributed by atoms with Gasteiger partial charge in [-0.15, -0.1) is 0 Å². The van der Waals surface area contributed by atoms with Crippen LogP contribution in [0.25, 0.3) is 82.3 Å². The molecule has 0 saturated heterocycles. The van der Waals surface area contributed by atoms with Gasteiger partial charge < -0.3 is 18.9 Å². The van der Waals surface area contributed by atoms with Crippen LogP contribution >= 0.6 is 0 Å². The average molecular weight is 1160 g/mol. The highest BCUT2D eigenvalue weighted by atomic mass is 15.2. The van der Waals surface area contributed by atoms with Crippen molar-refractivity contribution < 1.29 is 0 Å². The van der Waals surface area contributed by atoms with Gasteiger partial charge in [0.05, 0.1) is 96.6 Å². The minimum Gasteiger partial charge on any atom is -0.310 e. The quantitative estimate of drug-likeness (QED) is 0.152. The van der Waals surface area contributed by atoms with Crippen LogP contribution in [-0.2, 0) is 10.8 Å². The zero-order valence-electron chi connectivity index (χ0n) is 49.7. The van der Waals surface area contributed by atoms with Crippen LogP contribution in [0.5, 0.6) is 0 Å². The number of aromatic nitrogens is 4. The first-order valence-electron chi connectivity index (χ1n) is 29.8. The number of hydrogen-bond donors (Lipinski definition) is 0. The second-order valence-corrected chi connectivity index (χ2v) is 23.8. The molecule has 10 nitrogen and oxygen atoms in total. The van der Waals surface area contributed by atoms with Gasteiger partial charge in [-0.05, 0) is 154 Å². The second-order valence-electron chi connectivity index (χ2n) is 23.8. The fraction of sp³-hybridized carbons (Fsp3) is 0.0750. The molecule has 0 saturated carbocycles. The predicted molar refractivity (Wildman–Crippen MR) is 362 cm³/mol. The lowest BCUT2D eigenvalue weighted by Gasteiger charge is -2.42. The van der Waals surface area contributed by atoms with Gasteiger partial charge in [0.25, 0.3) is 0 Å². The first-order chi connectivity index (χ1) is 44.0. The van der Waals surface area contributed by atoms with E-state index in [1.54, 1.807) is 12.4 Å². The van der Waals surface area contributed by atoms with Gasteiger partial charge in [0.1, 0.15) is 12.1 Å². The van der Waals surface area contributed by atoms with Gasteiger partial charge in [-0.1, -0.05) is 161 Å². The number of nitrogens with zero attached hydrogens (tertiary/aromatic N) is 10. The van der Waals surface area contributed by atoms with E-state index in [-0.39, 0.29) is 10.8 Å². The van der Waals surface area contributed by atoms with E-state index in [0.717, 1.165) is 88.9 Å². The van der Waals surface area contributed by atoms with E-state index in [0.29, 0.717) is 22.4 Å². The van der Waals surface area contributed by atoms with Gasteiger partial charge in [-0.2, -0.15) is 15.8 Å². The van der Waals surface area contributed by atoms with E-state index < -0.39 is 0 Å². The lowest BCUT2D eigenvalue weighted by Crippen LogP contribution is -2.30. The smallest absolute Gasteiger partial charge is 0.206 e. The van der Waals surface area contributed by atoms with Crippen LogP contribution in [0.3, 0.4) is 0 Å². The molecule has 0 fully saturated rings. The van der Waals surface area contributed by atoms with Crippen molar-refractivity contribution >= 4 is 83.7 Å². The fourth-order valence-electron chi connectivity index (χ4n) is 13.9. The molecule has 0 unspecified atom stereocenters. The van der Waals surface area contributed by atoms with E-state index >= 15 is 0 Å². The Morgan fingerprint density at radius 3 is 1.09 bits per heavy atom. The first kappa shape index (κ1) is 54.3. The molecule has 10 aromatic carbocycles. The Kier molecular flexibility index (Phi) is 12.8. The van der Waals surface area contributed by atoms with Crippen LogP contribution < -0.4 is 9.80 Å². The molecule has 90 heavy (non-hydrogen) atoms. The summed E-state index contributed by atoms with van der Waals surface area (Å²) in [7, 11) is 0. The van der Waals surface area contributed by atoms with E-state index in [1.165, 1.54) is 45.0 Å². The highest BCUT2D eigenvalue weighted by molar-refractivity contribution is 6.10. The molecular formula is C80H54N10. The number of fused-ring (bicyclic) bond motifs is 10. The van der Waals surface area contributed by atoms with Crippen molar-refractivity contribution in [1.82, 2.24) is 19.1 Å². The first-order valence-corrected chi connectivity index (χ1v) is 29.8. The number of pyridine rings is 2. The molecule has 2 aliphatic heterocycles. The zero-order valence-corrected chi connectivity index (χ0v) is 49.7. The third kappa shape index (κ3) is 8.43. The second kappa shape index (κ2) is 21.3. The molecule has 14 aromatic rings. The normalized spacial score (nSPS) is 13.2. The Morgan fingerprint density at radius 2 is 0.711 bits per heavy atom. The molecule has 0 atom stereocenters. The van der Waals surface area contributed by atoms with Crippen LogP contribution in [0.4, 0.5) is 39.8 Å². The highest BCUT2D eigenvalue weighted by Crippen LogP contribution is 2.54. The summed E-state index contributed by atoms with van der Waals surface area (Å²) in [6, 6.07) is 90.0. The van der Waals surface area contributed by atoms with Crippen molar-refractivity contribution in [3.05, 3.63) is 305 Å². The SMILES string of the molecule is CC1(C)c2ccccc2N(c2ccc(-c3cc(C#N)c(C#N)cc3-c3ccc(N4c5ccccc5C(C)(C)c5ccccc54)cc3)cc2)c2ccccc21.[C-]#[N+]c1cc(-n2c3ccccc3c3ncccc32)c(-n2c3ccccc3c3ncccc32)cc1C#N. The summed E-state index contributed by atoms with van der Waals surface area (Å²) in [5.41, 5.74) is 23.9. The maximum Gasteiger partial charge on any atom is 0.206 e. The lowest BCUT2D eigenvalue weighted by molar-refractivity contribution is 0.632. The summed E-state index contributed by atoms with van der Waals surface area (Å²) < 4.78 is 4.28. The number of hydrogen-bond acceptors (Lipinski definition) is 7. The Hall–Kier alpha value is -12.3. The van der Waals surface area contributed by atoms with Crippen molar-refractivity contribution in [1.29, 1.82) is 15.8 Å². The molecule has 10 heteroatoms. The van der Waals surface area contributed by atoms with Gasteiger partial charge in [-0.25, -0.2) is 4.85 Å². The van der Waals surface area contributed by atoms with Gasteiger partial charge in [0.2, 0.25) is 5.69 Å². The minimum absolute atomic E-state index is 0.137. The van der Waals surface area contributed by atoms with Crippen molar-refractivity contribution in [3.63, 3.8) is 0 Å². The minimum atomic E-state index is -0.137. The van der Waals surface area contributed by atoms with Gasteiger partial charge >= 0.3 is 0 Å². The van der Waals surface area contributed by atoms with Crippen molar-refractivity contribution in [2.45, 2.75) is 38.5 Å². The Balaban J connectivity index is 0.000000162. The molecule has 4 aromatic heterocycles. The molecule has 6 heterocycles. The molecule has 0 N–H and O–H groups in total. The number of nitriles is 3. The fourth-order valence-corrected chi connectivity index (χ4v) is 13.9. The molecule has 16 rings (SSSR count). The Morgan fingerprint density at radius 1 is 0.367 bits per heavy atom. The van der Waals surface area contributed by atoms with Gasteiger partial charge in [0, 0.05) is 45.4 Å². The Bertz CT molecular complexity index is 4900. The summed E-state index contributed by atoms with van der Waals surface area (Å²) in [5, 5.41) is 32.2. The number of rotatable bonds is 6. The van der Waals surface area contributed by atoms with Crippen LogP contribution in [0.2, 0.25) is 0 Å². The molecule has 0 bridgehead atoms. The van der Waals surface area contributed by atoms with Crippen LogP contribution in [0, 0.1) is 40.6 Å². The summed E-state index contributed by atoms with van der Waals surface area (Å²) >= 11 is 0. The number of anilines is 6. The van der Waals surface area contributed by atoms with Crippen LogP contribution in [0.1, 0.15) is 66.6 Å². The number of benzene rings is 10. The van der Waals surface area contributed by atoms with Crippen molar-refractivity contribution in [3.8, 4) is 51.8 Å². The summed E-state index contributed by atoms with van der Waals surface area (Å²) in [4.78, 5) is 17.7. The molecule has 0 radical (unpaired) electrons. The molecule has 0 aliphatic carbocycles. The van der Waals surface area contributed by atoms with Gasteiger partial charge in [-0.3, -0.25) is 9.97 Å². The van der Waals surface area contributed by atoms with E-state index in [2.05, 4.69) is 250 Å². The maximum absolute atomic E-state index is 10.1. The van der Waals surface area contributed by atoms with Crippen molar-refractivity contribution in [2.75, 3.05) is 9.80 Å². The standard InChI is InChI=1S/C50H38N4.C30H16N6/c1-49(2)41-13-5-9-17-45(41)53(46-18-10-6-14-42(46)49)37-25-21-33(22-26-37)39-29-35(31-51)36(32-52)30-40(39)34-23-27-38(28-24-34)54-47-19-11-7-15-43(47)50(3,4)44-16-8-12-20-48(44)54;1-32-22-17-28(36-24-11-5-3-9-21(24)30-26(36)13-7-15-34-30)27(16-19(22)18-31)35-23-10-4-2-8-20(23)29-25(35)12-6-14-33-29/h5-30H,1-4H3;2-17H. The lowest BCUT2D eigenvalue weighted by atomic mass is 9.73. The van der Waals surface area contributed by atoms with Crippen LogP contribution in [0.15, 0.2) is 255 Å². The van der Waals surface area contributed by atoms with Gasteiger partial charge in [0.15, 0.2) is 0 Å². The number of para-hydroxylation sites is 6. The monoisotopic (exact) mass is 1150 g/mol. The van der Waals surface area contributed by atoms with Crippen LogP contribution in [-0.4, -0.2) is 19.1 Å². The molecular weight excluding hydrogens is 1100 g/mol. The largest absolute Gasteiger partial charge is 0.310 e. The predicted octanol–water partition coefficient (Wildman–Crippen LogP) is 20.1. The van der Waals surface area contributed by atoms with Crippen molar-refractivity contribution in [2.24, 2.45) is 0 Å². The molecule has 0 amide bonds. The summed E-state index contributed by atoms with van der Waals surface area (Å²) in [6.07, 6.45) is 3.59. The average Bonchev–Trinajstić information content (AvgIpc) is 0.979. The maximum atomic E-state index is 10.1. The highest BCUT2D eigenvalue weighted by Gasteiger charge is 2.38. The zero-order chi connectivity index (χ0) is 61.4. The molecule has 424 valence electrons. The summed E-state index contributed by atoms with van der Waals surface area (Å²) in [6.45, 7) is 17.0.